The summed E-state index contributed by atoms with van der Waals surface area (Å²) in [4.78, 5) is 31.3. The van der Waals surface area contributed by atoms with E-state index in [4.69, 9.17) is 9.47 Å². The van der Waals surface area contributed by atoms with Crippen molar-refractivity contribution in [2.75, 3.05) is 49.5 Å². The van der Waals surface area contributed by atoms with Gasteiger partial charge in [-0.2, -0.15) is 0 Å². The monoisotopic (exact) mass is 653 g/mol. The van der Waals surface area contributed by atoms with E-state index in [9.17, 15) is 18.4 Å². The molecular weight excluding hydrogens is 612 g/mol. The van der Waals surface area contributed by atoms with Gasteiger partial charge >= 0.3 is 0 Å². The Hall–Kier alpha value is -4.60. The summed E-state index contributed by atoms with van der Waals surface area (Å²) in [6.45, 7) is 3.74. The van der Waals surface area contributed by atoms with E-state index in [2.05, 4.69) is 10.2 Å². The zero-order valence-corrected chi connectivity index (χ0v) is 26.9. The highest BCUT2D eigenvalue weighted by Crippen LogP contribution is 2.40. The van der Waals surface area contributed by atoms with Gasteiger partial charge in [0, 0.05) is 37.8 Å². The van der Waals surface area contributed by atoms with E-state index in [1.807, 2.05) is 41.3 Å². The van der Waals surface area contributed by atoms with Crippen LogP contribution >= 0.6 is 0 Å². The van der Waals surface area contributed by atoms with E-state index < -0.39 is 5.92 Å². The minimum Gasteiger partial charge on any atom is -0.457 e. The van der Waals surface area contributed by atoms with Crippen molar-refractivity contribution in [3.05, 3.63) is 120 Å². The number of halogens is 2. The van der Waals surface area contributed by atoms with Crippen molar-refractivity contribution in [1.82, 2.24) is 4.90 Å². The summed E-state index contributed by atoms with van der Waals surface area (Å²) < 4.78 is 39.3. The molecule has 48 heavy (non-hydrogen) atoms. The summed E-state index contributed by atoms with van der Waals surface area (Å²) in [7, 11) is 0. The molecule has 2 fully saturated rings. The average molecular weight is 654 g/mol. The zero-order valence-electron chi connectivity index (χ0n) is 26.9. The van der Waals surface area contributed by atoms with Gasteiger partial charge < -0.3 is 19.7 Å². The number of amides is 1. The molecule has 250 valence electrons. The Morgan fingerprint density at radius 3 is 2.12 bits per heavy atom. The number of carbonyl (C=O) groups excluding carboxylic acids is 2. The molecule has 0 bridgehead atoms. The molecule has 1 saturated carbocycles. The maximum Gasteiger partial charge on any atom is 0.229 e. The summed E-state index contributed by atoms with van der Waals surface area (Å²) in [5.41, 5.74) is 2.26. The Bertz CT molecular complexity index is 1640. The van der Waals surface area contributed by atoms with Gasteiger partial charge in [0.15, 0.2) is 0 Å². The molecule has 0 spiro atoms. The highest BCUT2D eigenvalue weighted by molar-refractivity contribution is 5.93. The van der Waals surface area contributed by atoms with Crippen molar-refractivity contribution < 1.29 is 27.8 Å². The molecule has 4 aromatic carbocycles. The van der Waals surface area contributed by atoms with Crippen LogP contribution in [0.15, 0.2) is 103 Å². The van der Waals surface area contributed by atoms with Crippen LogP contribution in [0.3, 0.4) is 0 Å². The van der Waals surface area contributed by atoms with E-state index in [1.54, 1.807) is 48.5 Å². The first-order valence-electron chi connectivity index (χ1n) is 16.6. The molecule has 2 aliphatic rings. The van der Waals surface area contributed by atoms with Crippen LogP contribution in [0.25, 0.3) is 0 Å². The van der Waals surface area contributed by atoms with Gasteiger partial charge in [0.1, 0.15) is 28.9 Å². The topological polar surface area (TPSA) is 71.1 Å². The van der Waals surface area contributed by atoms with Crippen molar-refractivity contribution in [3.63, 3.8) is 0 Å². The minimum absolute atomic E-state index is 0.0816. The van der Waals surface area contributed by atoms with Crippen LogP contribution in [0.4, 0.5) is 20.2 Å². The molecular formula is C39H41F2N3O4. The Morgan fingerprint density at radius 1 is 0.792 bits per heavy atom. The van der Waals surface area contributed by atoms with E-state index in [0.717, 1.165) is 18.4 Å². The number of anilines is 2. The SMILES string of the molecule is O=C(Nc1ccc(Oc2ccc(F)cc2)cc1)C(COCc1ccccc1)CC1CCC1C(=O)CN1CCN(c2ccccc2F)CC1. The number of hydrogen-bond donors (Lipinski definition) is 1. The summed E-state index contributed by atoms with van der Waals surface area (Å²) in [6, 6.07) is 29.4. The van der Waals surface area contributed by atoms with Gasteiger partial charge in [-0.15, -0.1) is 0 Å². The number of para-hydroxylation sites is 1. The fourth-order valence-electron chi connectivity index (χ4n) is 6.47. The second-order valence-corrected chi connectivity index (χ2v) is 12.6. The minimum atomic E-state index is -0.436. The van der Waals surface area contributed by atoms with Gasteiger partial charge in [-0.25, -0.2) is 8.78 Å². The number of piperazine rings is 1. The Morgan fingerprint density at radius 2 is 1.46 bits per heavy atom. The number of benzene rings is 4. The smallest absolute Gasteiger partial charge is 0.229 e. The number of Topliss-reactive ketones (excluding diaryl/α,β-unsaturated/α-hetero) is 1. The van der Waals surface area contributed by atoms with Gasteiger partial charge in [0.25, 0.3) is 0 Å². The third kappa shape index (κ3) is 8.85. The second-order valence-electron chi connectivity index (χ2n) is 12.6. The average Bonchev–Trinajstić information content (AvgIpc) is 3.08. The van der Waals surface area contributed by atoms with E-state index in [0.29, 0.717) is 68.6 Å². The lowest BCUT2D eigenvalue weighted by atomic mass is 9.67. The van der Waals surface area contributed by atoms with E-state index >= 15 is 0 Å². The highest BCUT2D eigenvalue weighted by atomic mass is 19.1. The molecule has 1 amide bonds. The number of nitrogens with zero attached hydrogens (tertiary/aromatic N) is 2. The summed E-state index contributed by atoms with van der Waals surface area (Å²) in [6.07, 6.45) is 2.28. The molecule has 3 unspecified atom stereocenters. The first kappa shape index (κ1) is 33.3. The van der Waals surface area contributed by atoms with Crippen LogP contribution in [0.1, 0.15) is 24.8 Å². The van der Waals surface area contributed by atoms with Gasteiger partial charge in [-0.1, -0.05) is 42.5 Å². The van der Waals surface area contributed by atoms with Gasteiger partial charge in [-0.05, 0) is 91.4 Å². The number of nitrogens with one attached hydrogen (secondary N) is 1. The Balaban J connectivity index is 1.03. The third-order valence-corrected chi connectivity index (χ3v) is 9.34. The standard InChI is InChI=1S/C39H41F2N3O4/c40-31-11-15-33(16-12-31)48-34-17-13-32(14-18-34)42-39(46)30(27-47-26-28-6-2-1-3-7-28)24-29-10-19-35(29)38(45)25-43-20-22-44(23-21-43)37-9-5-4-8-36(37)41/h1-9,11-18,29-30,35H,10,19-27H2,(H,42,46). The van der Waals surface area contributed by atoms with Crippen LogP contribution in [0.2, 0.25) is 0 Å². The molecule has 7 nitrogen and oxygen atoms in total. The van der Waals surface area contributed by atoms with Crippen molar-refractivity contribution >= 4 is 23.1 Å². The van der Waals surface area contributed by atoms with Crippen LogP contribution in [-0.2, 0) is 20.9 Å². The molecule has 1 N–H and O–H groups in total. The number of hydrogen-bond acceptors (Lipinski definition) is 6. The molecule has 1 aliphatic heterocycles. The largest absolute Gasteiger partial charge is 0.457 e. The lowest BCUT2D eigenvalue weighted by molar-refractivity contribution is -0.132. The van der Waals surface area contributed by atoms with Crippen LogP contribution in [-0.4, -0.2) is 55.9 Å². The van der Waals surface area contributed by atoms with Crippen LogP contribution in [0, 0.1) is 29.4 Å². The molecule has 3 atom stereocenters. The highest BCUT2D eigenvalue weighted by Gasteiger charge is 2.39. The lowest BCUT2D eigenvalue weighted by Crippen LogP contribution is -2.50. The first-order valence-corrected chi connectivity index (χ1v) is 16.6. The number of rotatable bonds is 14. The zero-order chi connectivity index (χ0) is 33.3. The molecule has 1 saturated heterocycles. The fourth-order valence-corrected chi connectivity index (χ4v) is 6.47. The van der Waals surface area contributed by atoms with Crippen molar-refractivity contribution in [1.29, 1.82) is 0 Å². The maximum absolute atomic E-state index is 14.3. The second kappa shape index (κ2) is 16.0. The number of ether oxygens (including phenoxy) is 2. The van der Waals surface area contributed by atoms with E-state index in [1.165, 1.54) is 18.2 Å². The summed E-state index contributed by atoms with van der Waals surface area (Å²) in [5.74, 6) is 0.167. The normalized spacial score (nSPS) is 18.5. The lowest BCUT2D eigenvalue weighted by Gasteiger charge is -2.40. The fraction of sp³-hybridized carbons (Fsp3) is 0.333. The van der Waals surface area contributed by atoms with Gasteiger partial charge in [0.2, 0.25) is 5.91 Å². The predicted molar refractivity (Wildman–Crippen MR) is 182 cm³/mol. The van der Waals surface area contributed by atoms with Gasteiger partial charge in [0.05, 0.1) is 31.4 Å². The molecule has 0 aromatic heterocycles. The maximum atomic E-state index is 14.3. The van der Waals surface area contributed by atoms with Crippen LogP contribution < -0.4 is 15.0 Å². The van der Waals surface area contributed by atoms with E-state index in [-0.39, 0.29) is 41.8 Å². The molecule has 9 heteroatoms. The quantitative estimate of drug-likeness (QED) is 0.154. The predicted octanol–water partition coefficient (Wildman–Crippen LogP) is 7.34. The number of carbonyl (C=O) groups is 2. The molecule has 4 aromatic rings. The third-order valence-electron chi connectivity index (χ3n) is 9.34. The van der Waals surface area contributed by atoms with Crippen molar-refractivity contribution in [2.24, 2.45) is 17.8 Å². The molecule has 1 aliphatic carbocycles. The summed E-state index contributed by atoms with van der Waals surface area (Å²) >= 11 is 0. The van der Waals surface area contributed by atoms with Crippen molar-refractivity contribution in [2.45, 2.75) is 25.9 Å². The first-order chi connectivity index (χ1) is 23.4. The van der Waals surface area contributed by atoms with Crippen molar-refractivity contribution in [3.8, 4) is 11.5 Å². The molecule has 1 heterocycles. The molecule has 0 radical (unpaired) electrons. The Labute approximate surface area is 280 Å². The van der Waals surface area contributed by atoms with Crippen LogP contribution in [0.5, 0.6) is 11.5 Å². The number of ketones is 1. The van der Waals surface area contributed by atoms with Gasteiger partial charge in [-0.3, -0.25) is 14.5 Å². The molecule has 6 rings (SSSR count). The Kier molecular flexibility index (Phi) is 11.1. The summed E-state index contributed by atoms with van der Waals surface area (Å²) in [5, 5.41) is 3.03.